The van der Waals surface area contributed by atoms with E-state index >= 15 is 0 Å². The van der Waals surface area contributed by atoms with E-state index in [-0.39, 0.29) is 33.5 Å². The van der Waals surface area contributed by atoms with Crippen LogP contribution in [0.5, 0.6) is 11.5 Å². The van der Waals surface area contributed by atoms with Crippen LogP contribution in [0.25, 0.3) is 5.76 Å². The minimum absolute atomic E-state index is 0.0662. The van der Waals surface area contributed by atoms with Gasteiger partial charge in [0, 0.05) is 17.3 Å². The zero-order valence-electron chi connectivity index (χ0n) is 18.3. The summed E-state index contributed by atoms with van der Waals surface area (Å²) >= 11 is 12.5. The molecule has 174 valence electrons. The molecular weight excluding hydrogens is 479 g/mol. The number of likely N-dealkylation sites (tertiary alicyclic amines) is 1. The lowest BCUT2D eigenvalue weighted by Crippen LogP contribution is -2.29. The van der Waals surface area contributed by atoms with Gasteiger partial charge in [0.1, 0.15) is 17.6 Å². The van der Waals surface area contributed by atoms with E-state index in [4.69, 9.17) is 32.7 Å². The van der Waals surface area contributed by atoms with Crippen molar-refractivity contribution in [1.82, 2.24) is 9.88 Å². The number of benzene rings is 2. The highest BCUT2D eigenvalue weighted by Crippen LogP contribution is 2.42. The van der Waals surface area contributed by atoms with Crippen molar-refractivity contribution in [1.29, 1.82) is 0 Å². The van der Waals surface area contributed by atoms with Gasteiger partial charge in [0.25, 0.3) is 11.7 Å². The lowest BCUT2D eigenvalue weighted by molar-refractivity contribution is -0.140. The number of carbonyl (C=O) groups excluding carboxylic acids is 2. The molecule has 1 N–H and O–H groups in total. The molecule has 1 fully saturated rings. The van der Waals surface area contributed by atoms with Crippen molar-refractivity contribution in [2.24, 2.45) is 0 Å². The molecule has 9 heteroatoms. The molecule has 0 bridgehead atoms. The Bertz CT molecular complexity index is 1270. The van der Waals surface area contributed by atoms with Gasteiger partial charge in [0.05, 0.1) is 42.1 Å². The Morgan fingerprint density at radius 3 is 2.32 bits per heavy atom. The van der Waals surface area contributed by atoms with Crippen molar-refractivity contribution >= 4 is 40.7 Å². The van der Waals surface area contributed by atoms with E-state index < -0.39 is 23.5 Å². The summed E-state index contributed by atoms with van der Waals surface area (Å²) in [7, 11) is 2.94. The molecule has 3 aromatic rings. The molecule has 0 spiro atoms. The van der Waals surface area contributed by atoms with Crippen molar-refractivity contribution < 1.29 is 24.2 Å². The minimum atomic E-state index is -0.939. The molecule has 1 saturated heterocycles. The molecule has 1 amide bonds. The number of rotatable bonds is 6. The van der Waals surface area contributed by atoms with Gasteiger partial charge in [-0.05, 0) is 30.3 Å². The largest absolute Gasteiger partial charge is 0.507 e. The molecule has 2 heterocycles. The number of pyridine rings is 1. The zero-order chi connectivity index (χ0) is 24.4. The molecule has 1 atom stereocenters. The van der Waals surface area contributed by atoms with Gasteiger partial charge in [0.2, 0.25) is 0 Å². The van der Waals surface area contributed by atoms with Crippen molar-refractivity contribution in [2.45, 2.75) is 12.6 Å². The van der Waals surface area contributed by atoms with Crippen molar-refractivity contribution in [3.63, 3.8) is 0 Å². The first-order valence-electron chi connectivity index (χ1n) is 10.2. The van der Waals surface area contributed by atoms with Gasteiger partial charge < -0.3 is 19.5 Å². The molecule has 1 aliphatic rings. The fourth-order valence-electron chi connectivity index (χ4n) is 3.95. The van der Waals surface area contributed by atoms with Crippen molar-refractivity contribution in [3.8, 4) is 11.5 Å². The summed E-state index contributed by atoms with van der Waals surface area (Å²) in [5.74, 6) is -1.22. The highest BCUT2D eigenvalue weighted by atomic mass is 35.5. The van der Waals surface area contributed by atoms with E-state index in [0.717, 1.165) is 0 Å². The Morgan fingerprint density at radius 2 is 1.71 bits per heavy atom. The topological polar surface area (TPSA) is 89.0 Å². The molecule has 2 aromatic carbocycles. The number of aromatic nitrogens is 1. The molecule has 1 aromatic heterocycles. The second-order valence-electron chi connectivity index (χ2n) is 7.47. The monoisotopic (exact) mass is 498 g/mol. The van der Waals surface area contributed by atoms with Gasteiger partial charge in [-0.1, -0.05) is 47.5 Å². The smallest absolute Gasteiger partial charge is 0.296 e. The number of nitrogens with zero attached hydrogens (tertiary/aromatic N) is 2. The van der Waals surface area contributed by atoms with Gasteiger partial charge in [-0.3, -0.25) is 14.6 Å². The number of ether oxygens (including phenoxy) is 2. The van der Waals surface area contributed by atoms with Crippen LogP contribution in [0.1, 0.15) is 22.9 Å². The summed E-state index contributed by atoms with van der Waals surface area (Å²) in [6, 6.07) is 14.2. The van der Waals surface area contributed by atoms with E-state index in [1.807, 2.05) is 12.1 Å². The Morgan fingerprint density at radius 1 is 1.03 bits per heavy atom. The van der Waals surface area contributed by atoms with Crippen LogP contribution in [-0.2, 0) is 16.1 Å². The molecule has 0 radical (unpaired) electrons. The Labute approximate surface area is 206 Å². The number of ketones is 1. The number of halogens is 2. The SMILES string of the molecule is COc1ccccc1CN1C(=O)C(=O)/C(=C(/O)c2cc(Cl)c(OC)c(Cl)c2)C1c1ccccn1. The number of carbonyl (C=O) groups is 2. The summed E-state index contributed by atoms with van der Waals surface area (Å²) in [5, 5.41) is 11.5. The van der Waals surface area contributed by atoms with Gasteiger partial charge in [-0.25, -0.2) is 0 Å². The number of aliphatic hydroxyl groups is 1. The maximum Gasteiger partial charge on any atom is 0.296 e. The number of hydrogen-bond donors (Lipinski definition) is 1. The first-order valence-corrected chi connectivity index (χ1v) is 11.0. The second kappa shape index (κ2) is 9.75. The highest BCUT2D eigenvalue weighted by Gasteiger charge is 2.47. The summed E-state index contributed by atoms with van der Waals surface area (Å²) < 4.78 is 10.6. The number of para-hydroxylation sites is 1. The number of hydrogen-bond acceptors (Lipinski definition) is 6. The lowest BCUT2D eigenvalue weighted by atomic mass is 9.98. The fourth-order valence-corrected chi connectivity index (χ4v) is 4.59. The van der Waals surface area contributed by atoms with Crippen LogP contribution in [0, 0.1) is 0 Å². The molecule has 1 aliphatic heterocycles. The first-order chi connectivity index (χ1) is 16.4. The van der Waals surface area contributed by atoms with Gasteiger partial charge in [0.15, 0.2) is 5.75 Å². The predicted octanol–water partition coefficient (Wildman–Crippen LogP) is 5.03. The Kier molecular flexibility index (Phi) is 6.77. The highest BCUT2D eigenvalue weighted by molar-refractivity contribution is 6.46. The van der Waals surface area contributed by atoms with Crippen LogP contribution >= 0.6 is 23.2 Å². The van der Waals surface area contributed by atoms with Crippen LogP contribution in [0.15, 0.2) is 66.4 Å². The van der Waals surface area contributed by atoms with E-state index in [0.29, 0.717) is 17.0 Å². The molecule has 4 rings (SSSR count). The third-order valence-corrected chi connectivity index (χ3v) is 6.08. The summed E-state index contributed by atoms with van der Waals surface area (Å²) in [4.78, 5) is 32.1. The average molecular weight is 499 g/mol. The third-order valence-electron chi connectivity index (χ3n) is 5.52. The standard InChI is InChI=1S/C25H20Cl2N2O5/c1-33-19-9-4-3-7-14(19)13-29-21(18-8-5-6-10-28-18)20(23(31)25(29)32)22(30)15-11-16(26)24(34-2)17(27)12-15/h3-12,21,30H,13H2,1-2H3/b22-20+. The predicted molar refractivity (Wildman–Crippen MR) is 128 cm³/mol. The number of aliphatic hydroxyl groups excluding tert-OH is 1. The van der Waals surface area contributed by atoms with Gasteiger partial charge in [-0.2, -0.15) is 0 Å². The summed E-state index contributed by atoms with van der Waals surface area (Å²) in [6.07, 6.45) is 1.56. The van der Waals surface area contributed by atoms with Crippen LogP contribution in [-0.4, -0.2) is 40.9 Å². The summed E-state index contributed by atoms with van der Waals surface area (Å²) in [6.45, 7) is 0.0662. The van der Waals surface area contributed by atoms with Gasteiger partial charge >= 0.3 is 0 Å². The van der Waals surface area contributed by atoms with E-state index in [1.165, 1.54) is 31.3 Å². The van der Waals surface area contributed by atoms with Crippen molar-refractivity contribution in [2.75, 3.05) is 14.2 Å². The second-order valence-corrected chi connectivity index (χ2v) is 8.28. The van der Waals surface area contributed by atoms with Crippen LogP contribution in [0.3, 0.4) is 0 Å². The average Bonchev–Trinajstić information content (AvgIpc) is 3.09. The minimum Gasteiger partial charge on any atom is -0.507 e. The first kappa shape index (κ1) is 23.6. The van der Waals surface area contributed by atoms with Crippen LogP contribution < -0.4 is 9.47 Å². The maximum absolute atomic E-state index is 13.2. The van der Waals surface area contributed by atoms with Crippen LogP contribution in [0.2, 0.25) is 10.0 Å². The number of Topliss-reactive ketones (excluding diaryl/α,β-unsaturated/α-hetero) is 1. The zero-order valence-corrected chi connectivity index (χ0v) is 19.8. The number of methoxy groups -OCH3 is 2. The summed E-state index contributed by atoms with van der Waals surface area (Å²) in [5.41, 5.74) is 1.18. The maximum atomic E-state index is 13.2. The molecule has 7 nitrogen and oxygen atoms in total. The quantitative estimate of drug-likeness (QED) is 0.291. The molecule has 0 saturated carbocycles. The Balaban J connectivity index is 1.88. The van der Waals surface area contributed by atoms with Crippen LogP contribution in [0.4, 0.5) is 0 Å². The Hall–Kier alpha value is -3.55. The van der Waals surface area contributed by atoms with Crippen molar-refractivity contribution in [3.05, 3.63) is 93.2 Å². The molecular formula is C25H20Cl2N2O5. The normalized spacial score (nSPS) is 17.2. The van der Waals surface area contributed by atoms with E-state index in [2.05, 4.69) is 4.98 Å². The lowest BCUT2D eigenvalue weighted by Gasteiger charge is -2.25. The third kappa shape index (κ3) is 4.20. The fraction of sp³-hybridized carbons (Fsp3) is 0.160. The molecule has 1 unspecified atom stereocenters. The van der Waals surface area contributed by atoms with E-state index in [1.54, 1.807) is 36.5 Å². The molecule has 34 heavy (non-hydrogen) atoms. The molecule has 0 aliphatic carbocycles. The van der Waals surface area contributed by atoms with Gasteiger partial charge in [-0.15, -0.1) is 0 Å². The van der Waals surface area contributed by atoms with E-state index in [9.17, 15) is 14.7 Å². The number of amides is 1.